The van der Waals surface area contributed by atoms with Gasteiger partial charge in [0.05, 0.1) is 26.8 Å². The Bertz CT molecular complexity index is 1190. The summed E-state index contributed by atoms with van der Waals surface area (Å²) in [7, 11) is 0. The van der Waals surface area contributed by atoms with Gasteiger partial charge in [0.2, 0.25) is 5.95 Å². The van der Waals surface area contributed by atoms with Gasteiger partial charge in [-0.2, -0.15) is 13.2 Å². The average Bonchev–Trinajstić information content (AvgIpc) is 3.11. The smallest absolute Gasteiger partial charge is 0.366 e. The SMILES string of the molecule is FC(F)(F)c1cccc(NCc2ccc3nc(Nc4c(Cl)cccc4Cl)[nH]c3c2)n1. The van der Waals surface area contributed by atoms with Gasteiger partial charge >= 0.3 is 6.18 Å². The molecule has 0 unspecified atom stereocenters. The van der Waals surface area contributed by atoms with Crippen molar-refractivity contribution in [3.63, 3.8) is 0 Å². The van der Waals surface area contributed by atoms with Crippen molar-refractivity contribution in [3.05, 3.63) is 75.9 Å². The summed E-state index contributed by atoms with van der Waals surface area (Å²) in [6.07, 6.45) is -4.49. The topological polar surface area (TPSA) is 65.6 Å². The first-order chi connectivity index (χ1) is 14.3. The fourth-order valence-electron chi connectivity index (χ4n) is 2.85. The summed E-state index contributed by atoms with van der Waals surface area (Å²) in [6.45, 7) is 0.294. The highest BCUT2D eigenvalue weighted by atomic mass is 35.5. The van der Waals surface area contributed by atoms with Gasteiger partial charge in [0.1, 0.15) is 11.5 Å². The van der Waals surface area contributed by atoms with Crippen LogP contribution in [0.25, 0.3) is 11.0 Å². The Hall–Kier alpha value is -2.97. The maximum atomic E-state index is 12.8. The van der Waals surface area contributed by atoms with Gasteiger partial charge < -0.3 is 15.6 Å². The molecule has 0 saturated heterocycles. The maximum absolute atomic E-state index is 12.8. The van der Waals surface area contributed by atoms with E-state index in [1.54, 1.807) is 18.2 Å². The maximum Gasteiger partial charge on any atom is 0.433 e. The molecule has 4 aromatic rings. The van der Waals surface area contributed by atoms with E-state index in [0.717, 1.165) is 17.1 Å². The molecule has 2 heterocycles. The van der Waals surface area contributed by atoms with Crippen LogP contribution in [0.4, 0.5) is 30.6 Å². The minimum atomic E-state index is -4.49. The summed E-state index contributed by atoms with van der Waals surface area (Å²) < 4.78 is 38.4. The Morgan fingerprint density at radius 3 is 2.40 bits per heavy atom. The predicted octanol–water partition coefficient (Wildman–Crippen LogP) is 6.64. The van der Waals surface area contributed by atoms with Crippen molar-refractivity contribution < 1.29 is 13.2 Å². The molecule has 2 aromatic heterocycles. The molecule has 10 heteroatoms. The zero-order valence-electron chi connectivity index (χ0n) is 15.2. The third kappa shape index (κ3) is 4.44. The van der Waals surface area contributed by atoms with Gasteiger partial charge in [-0.1, -0.05) is 41.4 Å². The van der Waals surface area contributed by atoms with E-state index in [4.69, 9.17) is 23.2 Å². The number of imidazole rings is 1. The number of aromatic amines is 1. The molecule has 0 saturated carbocycles. The second-order valence-electron chi connectivity index (χ2n) is 6.42. The monoisotopic (exact) mass is 451 g/mol. The standard InChI is InChI=1S/C20H14Cl2F3N5/c21-12-3-1-4-13(22)18(12)30-19-27-14-8-7-11(9-15(14)28-19)10-26-17-6-2-5-16(29-17)20(23,24)25/h1-9H,10H2,(H,26,29)(H2,27,28,30). The van der Waals surface area contributed by atoms with Crippen molar-refractivity contribution in [2.24, 2.45) is 0 Å². The van der Waals surface area contributed by atoms with Crippen LogP contribution in [-0.4, -0.2) is 15.0 Å². The van der Waals surface area contributed by atoms with Gasteiger partial charge in [0.25, 0.3) is 0 Å². The van der Waals surface area contributed by atoms with Gasteiger partial charge in [-0.05, 0) is 42.0 Å². The molecule has 2 aromatic carbocycles. The molecule has 5 nitrogen and oxygen atoms in total. The summed E-state index contributed by atoms with van der Waals surface area (Å²) in [5.74, 6) is 0.606. The molecule has 154 valence electrons. The van der Waals surface area contributed by atoms with Crippen molar-refractivity contribution in [3.8, 4) is 0 Å². The lowest BCUT2D eigenvalue weighted by Gasteiger charge is -2.09. The normalized spacial score (nSPS) is 11.6. The highest BCUT2D eigenvalue weighted by Crippen LogP contribution is 2.32. The molecular formula is C20H14Cl2F3N5. The van der Waals surface area contributed by atoms with Crippen LogP contribution in [0, 0.1) is 0 Å². The van der Waals surface area contributed by atoms with Crippen LogP contribution in [0.1, 0.15) is 11.3 Å². The Morgan fingerprint density at radius 2 is 1.67 bits per heavy atom. The van der Waals surface area contributed by atoms with E-state index >= 15 is 0 Å². The molecule has 0 aliphatic heterocycles. The minimum Gasteiger partial charge on any atom is -0.366 e. The number of H-pyrrole nitrogens is 1. The highest BCUT2D eigenvalue weighted by Gasteiger charge is 2.32. The van der Waals surface area contributed by atoms with Crippen LogP contribution in [0.15, 0.2) is 54.6 Å². The van der Waals surface area contributed by atoms with Gasteiger partial charge in [-0.3, -0.25) is 0 Å². The number of fused-ring (bicyclic) bond motifs is 1. The lowest BCUT2D eigenvalue weighted by atomic mass is 10.2. The van der Waals surface area contributed by atoms with Crippen molar-refractivity contribution >= 4 is 51.7 Å². The number of rotatable bonds is 5. The van der Waals surface area contributed by atoms with E-state index in [-0.39, 0.29) is 5.82 Å². The van der Waals surface area contributed by atoms with Crippen LogP contribution in [0.3, 0.4) is 0 Å². The van der Waals surface area contributed by atoms with Crippen molar-refractivity contribution in [1.82, 2.24) is 15.0 Å². The zero-order valence-corrected chi connectivity index (χ0v) is 16.7. The number of anilines is 3. The molecule has 30 heavy (non-hydrogen) atoms. The van der Waals surface area contributed by atoms with E-state index < -0.39 is 11.9 Å². The van der Waals surface area contributed by atoms with E-state index in [1.165, 1.54) is 12.1 Å². The van der Waals surface area contributed by atoms with E-state index in [1.807, 2.05) is 18.2 Å². The molecule has 0 radical (unpaired) electrons. The minimum absolute atomic E-state index is 0.144. The predicted molar refractivity (Wildman–Crippen MR) is 112 cm³/mol. The Balaban J connectivity index is 1.50. The number of nitrogens with zero attached hydrogens (tertiary/aromatic N) is 2. The van der Waals surface area contributed by atoms with Crippen LogP contribution < -0.4 is 10.6 Å². The van der Waals surface area contributed by atoms with Crippen LogP contribution in [0.5, 0.6) is 0 Å². The number of pyridine rings is 1. The molecule has 0 aliphatic carbocycles. The molecule has 0 atom stereocenters. The van der Waals surface area contributed by atoms with Crippen LogP contribution in [-0.2, 0) is 12.7 Å². The molecule has 0 spiro atoms. The first kappa shape index (κ1) is 20.3. The first-order valence-electron chi connectivity index (χ1n) is 8.77. The highest BCUT2D eigenvalue weighted by molar-refractivity contribution is 6.39. The quantitative estimate of drug-likeness (QED) is 0.318. The summed E-state index contributed by atoms with van der Waals surface area (Å²) in [6, 6.07) is 14.4. The number of aromatic nitrogens is 3. The third-order valence-corrected chi connectivity index (χ3v) is 4.90. The van der Waals surface area contributed by atoms with Gasteiger partial charge in [-0.15, -0.1) is 0 Å². The Morgan fingerprint density at radius 1 is 0.933 bits per heavy atom. The lowest BCUT2D eigenvalue weighted by Crippen LogP contribution is -2.10. The number of nitrogens with one attached hydrogen (secondary N) is 3. The molecule has 0 bridgehead atoms. The van der Waals surface area contributed by atoms with Crippen molar-refractivity contribution in [2.75, 3.05) is 10.6 Å². The Kier molecular flexibility index (Phi) is 5.44. The summed E-state index contributed by atoms with van der Waals surface area (Å²) >= 11 is 12.3. The lowest BCUT2D eigenvalue weighted by molar-refractivity contribution is -0.141. The Labute approximate surface area is 179 Å². The number of halogens is 5. The second kappa shape index (κ2) is 8.04. The van der Waals surface area contributed by atoms with Gasteiger partial charge in [0.15, 0.2) is 0 Å². The number of alkyl halides is 3. The van der Waals surface area contributed by atoms with Crippen LogP contribution in [0.2, 0.25) is 10.0 Å². The van der Waals surface area contributed by atoms with Crippen molar-refractivity contribution in [2.45, 2.75) is 12.7 Å². The molecule has 0 aliphatic rings. The molecular weight excluding hydrogens is 438 g/mol. The molecule has 0 amide bonds. The van der Waals surface area contributed by atoms with Crippen molar-refractivity contribution in [1.29, 1.82) is 0 Å². The number of hydrogen-bond acceptors (Lipinski definition) is 4. The number of para-hydroxylation sites is 1. The fourth-order valence-corrected chi connectivity index (χ4v) is 3.34. The van der Waals surface area contributed by atoms with E-state index in [2.05, 4.69) is 25.6 Å². The van der Waals surface area contributed by atoms with Gasteiger partial charge in [0, 0.05) is 6.54 Å². The van der Waals surface area contributed by atoms with Crippen LogP contribution >= 0.6 is 23.2 Å². The summed E-state index contributed by atoms with van der Waals surface area (Å²) in [5.41, 5.74) is 1.90. The summed E-state index contributed by atoms with van der Waals surface area (Å²) in [5, 5.41) is 6.89. The fraction of sp³-hybridized carbons (Fsp3) is 0.100. The third-order valence-electron chi connectivity index (χ3n) is 4.27. The number of hydrogen-bond donors (Lipinski definition) is 3. The number of benzene rings is 2. The van der Waals surface area contributed by atoms with Gasteiger partial charge in [-0.25, -0.2) is 9.97 Å². The van der Waals surface area contributed by atoms with E-state index in [9.17, 15) is 13.2 Å². The zero-order chi connectivity index (χ0) is 21.3. The average molecular weight is 452 g/mol. The second-order valence-corrected chi connectivity index (χ2v) is 7.23. The molecule has 4 rings (SSSR count). The molecule has 3 N–H and O–H groups in total. The largest absolute Gasteiger partial charge is 0.433 e. The molecule has 0 fully saturated rings. The first-order valence-corrected chi connectivity index (χ1v) is 9.53. The summed E-state index contributed by atoms with van der Waals surface area (Å²) in [4.78, 5) is 11.2. The van der Waals surface area contributed by atoms with E-state index in [0.29, 0.717) is 33.7 Å².